The molecule has 0 aromatic heterocycles. The summed E-state index contributed by atoms with van der Waals surface area (Å²) in [4.78, 5) is 25.5. The highest BCUT2D eigenvalue weighted by Gasteiger charge is 2.48. The van der Waals surface area contributed by atoms with E-state index in [1.165, 1.54) is 23.1 Å². The Labute approximate surface area is 122 Å². The molecule has 3 N–H and O–H groups in total. The molecule has 0 aliphatic carbocycles. The summed E-state index contributed by atoms with van der Waals surface area (Å²) >= 11 is 0. The molecule has 0 bridgehead atoms. The van der Waals surface area contributed by atoms with Crippen LogP contribution < -0.4 is 5.73 Å². The van der Waals surface area contributed by atoms with Gasteiger partial charge in [-0.3, -0.25) is 9.59 Å². The maximum absolute atomic E-state index is 13.4. The van der Waals surface area contributed by atoms with Gasteiger partial charge in [0.25, 0.3) is 5.91 Å². The van der Waals surface area contributed by atoms with Crippen LogP contribution in [-0.4, -0.2) is 35.0 Å². The second-order valence-corrected chi connectivity index (χ2v) is 5.79. The molecule has 0 saturated carbocycles. The summed E-state index contributed by atoms with van der Waals surface area (Å²) in [5.41, 5.74) is 4.54. The van der Waals surface area contributed by atoms with Gasteiger partial charge in [-0.05, 0) is 24.5 Å². The van der Waals surface area contributed by atoms with Crippen molar-refractivity contribution in [1.29, 1.82) is 0 Å². The quantitative estimate of drug-likeness (QED) is 0.835. The SMILES string of the molecule is CC(C)C1(C(=O)O)CCN(C(=O)c2cccc(F)c2N)C1. The molecule has 1 aromatic carbocycles. The van der Waals surface area contributed by atoms with Crippen LogP contribution in [0.15, 0.2) is 18.2 Å². The van der Waals surface area contributed by atoms with Crippen molar-refractivity contribution in [2.45, 2.75) is 20.3 Å². The van der Waals surface area contributed by atoms with E-state index < -0.39 is 23.1 Å². The molecule has 5 nitrogen and oxygen atoms in total. The number of nitrogens with zero attached hydrogens (tertiary/aromatic N) is 1. The Hall–Kier alpha value is -2.11. The first-order valence-electron chi connectivity index (χ1n) is 6.86. The molecule has 1 unspecified atom stereocenters. The number of carbonyl (C=O) groups is 2. The molecule has 114 valence electrons. The molecule has 21 heavy (non-hydrogen) atoms. The number of hydrogen-bond donors (Lipinski definition) is 2. The normalized spacial score (nSPS) is 21.8. The average Bonchev–Trinajstić information content (AvgIpc) is 2.87. The van der Waals surface area contributed by atoms with E-state index in [-0.39, 0.29) is 23.7 Å². The van der Waals surface area contributed by atoms with Crippen LogP contribution in [-0.2, 0) is 4.79 Å². The third-order valence-corrected chi connectivity index (χ3v) is 4.40. The maximum Gasteiger partial charge on any atom is 0.311 e. The average molecular weight is 294 g/mol. The van der Waals surface area contributed by atoms with Gasteiger partial charge >= 0.3 is 5.97 Å². The van der Waals surface area contributed by atoms with Crippen LogP contribution in [0.25, 0.3) is 0 Å². The molecule has 0 spiro atoms. The molecule has 6 heteroatoms. The molecule has 1 heterocycles. The molecule has 1 atom stereocenters. The topological polar surface area (TPSA) is 83.6 Å². The minimum Gasteiger partial charge on any atom is -0.481 e. The zero-order chi connectivity index (χ0) is 15.8. The first kappa shape index (κ1) is 15.3. The van der Waals surface area contributed by atoms with Gasteiger partial charge in [0.15, 0.2) is 0 Å². The second kappa shape index (κ2) is 5.35. The largest absolute Gasteiger partial charge is 0.481 e. The zero-order valence-electron chi connectivity index (χ0n) is 12.1. The monoisotopic (exact) mass is 294 g/mol. The van der Waals surface area contributed by atoms with Crippen molar-refractivity contribution < 1.29 is 19.1 Å². The summed E-state index contributed by atoms with van der Waals surface area (Å²) in [5.74, 6) is -2.07. The fourth-order valence-corrected chi connectivity index (χ4v) is 2.79. The lowest BCUT2D eigenvalue weighted by Gasteiger charge is -2.28. The first-order chi connectivity index (χ1) is 9.79. The van der Waals surface area contributed by atoms with Crippen molar-refractivity contribution in [3.8, 4) is 0 Å². The number of hydrogen-bond acceptors (Lipinski definition) is 3. The standard InChI is InChI=1S/C15H19FN2O3/c1-9(2)15(14(20)21)6-7-18(8-15)13(19)10-4-3-5-11(16)12(10)17/h3-5,9H,6-8,17H2,1-2H3,(H,20,21). The lowest BCUT2D eigenvalue weighted by Crippen LogP contribution is -2.40. The minimum absolute atomic E-state index is 0.0833. The Morgan fingerprint density at radius 1 is 1.43 bits per heavy atom. The predicted octanol–water partition coefficient (Wildman–Crippen LogP) is 1.98. The van der Waals surface area contributed by atoms with Crippen LogP contribution >= 0.6 is 0 Å². The van der Waals surface area contributed by atoms with Gasteiger partial charge in [0, 0.05) is 13.1 Å². The van der Waals surface area contributed by atoms with E-state index in [2.05, 4.69) is 0 Å². The minimum atomic E-state index is -0.947. The van der Waals surface area contributed by atoms with E-state index in [4.69, 9.17) is 5.73 Å². The molecule has 1 fully saturated rings. The van der Waals surface area contributed by atoms with Crippen LogP contribution in [0.2, 0.25) is 0 Å². The van der Waals surface area contributed by atoms with Crippen molar-refractivity contribution in [3.63, 3.8) is 0 Å². The van der Waals surface area contributed by atoms with Crippen LogP contribution in [0.4, 0.5) is 10.1 Å². The fraction of sp³-hybridized carbons (Fsp3) is 0.467. The Morgan fingerprint density at radius 2 is 2.10 bits per heavy atom. The smallest absolute Gasteiger partial charge is 0.311 e. The number of rotatable bonds is 3. The summed E-state index contributed by atoms with van der Waals surface area (Å²) in [6, 6.07) is 4.06. The Bertz CT molecular complexity index is 588. The van der Waals surface area contributed by atoms with Crippen molar-refractivity contribution in [2.24, 2.45) is 11.3 Å². The van der Waals surface area contributed by atoms with Gasteiger partial charge in [-0.15, -0.1) is 0 Å². The van der Waals surface area contributed by atoms with Gasteiger partial charge < -0.3 is 15.7 Å². The fourth-order valence-electron chi connectivity index (χ4n) is 2.79. The highest BCUT2D eigenvalue weighted by atomic mass is 19.1. The van der Waals surface area contributed by atoms with Crippen LogP contribution in [0.1, 0.15) is 30.6 Å². The summed E-state index contributed by atoms with van der Waals surface area (Å²) in [6.45, 7) is 4.12. The molecular weight excluding hydrogens is 275 g/mol. The van der Waals surface area contributed by atoms with Crippen molar-refractivity contribution in [3.05, 3.63) is 29.6 Å². The van der Waals surface area contributed by atoms with E-state index in [1.807, 2.05) is 13.8 Å². The number of anilines is 1. The van der Waals surface area contributed by atoms with Crippen molar-refractivity contribution >= 4 is 17.6 Å². The summed E-state index contributed by atoms with van der Waals surface area (Å²) < 4.78 is 13.4. The van der Waals surface area contributed by atoms with E-state index in [1.54, 1.807) is 0 Å². The molecule has 2 rings (SSSR count). The molecule has 1 aliphatic heterocycles. The van der Waals surface area contributed by atoms with E-state index >= 15 is 0 Å². The lowest BCUT2D eigenvalue weighted by molar-refractivity contribution is -0.150. The van der Waals surface area contributed by atoms with Crippen molar-refractivity contribution in [2.75, 3.05) is 18.8 Å². The molecule has 1 saturated heterocycles. The van der Waals surface area contributed by atoms with Gasteiger partial charge in [-0.25, -0.2) is 4.39 Å². The third kappa shape index (κ3) is 2.46. The van der Waals surface area contributed by atoms with Crippen LogP contribution in [0.3, 0.4) is 0 Å². The number of carbonyl (C=O) groups excluding carboxylic acids is 1. The molecule has 0 radical (unpaired) electrons. The van der Waals surface area contributed by atoms with Gasteiger partial charge in [0.05, 0.1) is 16.7 Å². The molecule has 1 amide bonds. The zero-order valence-corrected chi connectivity index (χ0v) is 12.1. The number of para-hydroxylation sites is 1. The lowest BCUT2D eigenvalue weighted by atomic mass is 9.76. The molecule has 1 aliphatic rings. The number of nitrogens with two attached hydrogens (primary N) is 1. The molecule has 1 aromatic rings. The van der Waals surface area contributed by atoms with Crippen LogP contribution in [0.5, 0.6) is 0 Å². The van der Waals surface area contributed by atoms with E-state index in [0.717, 1.165) is 0 Å². The summed E-state index contributed by atoms with van der Waals surface area (Å²) in [7, 11) is 0. The highest BCUT2D eigenvalue weighted by Crippen LogP contribution is 2.39. The summed E-state index contributed by atoms with van der Waals surface area (Å²) in [5, 5.41) is 9.48. The predicted molar refractivity (Wildman–Crippen MR) is 76.2 cm³/mol. The van der Waals surface area contributed by atoms with E-state index in [9.17, 15) is 19.1 Å². The van der Waals surface area contributed by atoms with Crippen molar-refractivity contribution in [1.82, 2.24) is 4.90 Å². The van der Waals surface area contributed by atoms with Crippen LogP contribution in [0, 0.1) is 17.2 Å². The Morgan fingerprint density at radius 3 is 2.62 bits per heavy atom. The number of carboxylic acid groups (broad SMARTS) is 1. The number of aliphatic carboxylic acids is 1. The number of nitrogen functional groups attached to an aromatic ring is 1. The van der Waals surface area contributed by atoms with E-state index in [0.29, 0.717) is 13.0 Å². The number of likely N-dealkylation sites (tertiary alicyclic amines) is 1. The third-order valence-electron chi connectivity index (χ3n) is 4.40. The number of benzene rings is 1. The number of halogens is 1. The van der Waals surface area contributed by atoms with Gasteiger partial charge in [0.2, 0.25) is 0 Å². The first-order valence-corrected chi connectivity index (χ1v) is 6.86. The molecular formula is C15H19FN2O3. The summed E-state index contributed by atoms with van der Waals surface area (Å²) in [6.07, 6.45) is 0.390. The Kier molecular flexibility index (Phi) is 3.89. The number of amides is 1. The second-order valence-electron chi connectivity index (χ2n) is 5.79. The van der Waals surface area contributed by atoms with Gasteiger partial charge in [-0.1, -0.05) is 19.9 Å². The number of carboxylic acids is 1. The maximum atomic E-state index is 13.4. The highest BCUT2D eigenvalue weighted by molar-refractivity contribution is 5.99. The van der Waals surface area contributed by atoms with Gasteiger partial charge in [-0.2, -0.15) is 0 Å². The Balaban J connectivity index is 2.27. The van der Waals surface area contributed by atoms with Gasteiger partial charge in [0.1, 0.15) is 5.82 Å².